The molecule has 7 aliphatic heterocycles. The first-order valence-corrected chi connectivity index (χ1v) is 47.3. The second-order valence-electron chi connectivity index (χ2n) is 35.7. The number of amides is 4. The van der Waals surface area contributed by atoms with Crippen molar-refractivity contribution >= 4 is 113 Å². The topological polar surface area (TPSA) is 396 Å². The average molecular weight is 1920 g/mol. The summed E-state index contributed by atoms with van der Waals surface area (Å²) < 4.78 is 11.4. The number of benzene rings is 5. The van der Waals surface area contributed by atoms with Crippen molar-refractivity contribution in [2.45, 2.75) is 100 Å². The van der Waals surface area contributed by atoms with E-state index in [1.54, 1.807) is 37.2 Å². The number of H-pyrrole nitrogens is 4. The first kappa shape index (κ1) is 98.5. The third-order valence-electron chi connectivity index (χ3n) is 26.1. The Labute approximate surface area is 829 Å². The molecule has 0 spiro atoms. The molecule has 19 heterocycles. The maximum Gasteiger partial charge on any atom is 0.276 e. The lowest BCUT2D eigenvalue weighted by Crippen LogP contribution is -2.37. The normalized spacial score (nSPS) is 15.0. The molecule has 0 aliphatic carbocycles. The summed E-state index contributed by atoms with van der Waals surface area (Å²) in [7, 11) is 0. The Morgan fingerprint density at radius 1 is 0.315 bits per heavy atom. The maximum atomic E-state index is 13.1. The molecule has 0 saturated carbocycles. The van der Waals surface area contributed by atoms with E-state index in [1.165, 1.54) is 37.7 Å². The number of anilines is 8. The molecule has 7 aliphatic rings. The van der Waals surface area contributed by atoms with Crippen LogP contribution in [0, 0.1) is 0 Å². The molecule has 0 bridgehead atoms. The fraction of sp³-hybridized carbons (Fsp3) is 0.284. The third kappa shape index (κ3) is 23.3. The van der Waals surface area contributed by atoms with Gasteiger partial charge in [0, 0.05) is 185 Å². The number of aromatic amines is 4. The van der Waals surface area contributed by atoms with Crippen molar-refractivity contribution in [2.75, 3.05) is 146 Å². The number of carbonyl (C=O) groups excluding carboxylic acids is 4. The largest absolute Gasteiger partial charge is 0.456 e. The van der Waals surface area contributed by atoms with E-state index in [2.05, 4.69) is 154 Å². The van der Waals surface area contributed by atoms with Crippen molar-refractivity contribution < 1.29 is 33.8 Å². The second kappa shape index (κ2) is 45.4. The molecule has 143 heavy (non-hydrogen) atoms. The Kier molecular flexibility index (Phi) is 31.3. The van der Waals surface area contributed by atoms with Gasteiger partial charge in [0.15, 0.2) is 22.8 Å². The summed E-state index contributed by atoms with van der Waals surface area (Å²) in [6.45, 7) is 18.3. The van der Waals surface area contributed by atoms with E-state index in [-0.39, 0.29) is 59.4 Å². The molecule has 9 N–H and O–H groups in total. The van der Waals surface area contributed by atoms with Gasteiger partial charge in [0.05, 0.1) is 95.1 Å². The minimum absolute atomic E-state index is 0. The minimum atomic E-state index is -0.300. The summed E-state index contributed by atoms with van der Waals surface area (Å²) in [6.07, 6.45) is 29.0. The fourth-order valence-corrected chi connectivity index (χ4v) is 17.6. The Hall–Kier alpha value is -16.1. The van der Waals surface area contributed by atoms with Gasteiger partial charge in [-0.15, -0.1) is 0 Å². The Morgan fingerprint density at radius 2 is 0.615 bits per heavy atom. The number of hydrogen-bond donors (Lipinski definition) is 9. The number of piperidine rings is 1. The molecule has 24 rings (SSSR count). The molecule has 0 radical (unpaired) electrons. The van der Waals surface area contributed by atoms with Crippen molar-refractivity contribution in [3.63, 3.8) is 0 Å². The Bertz CT molecular complexity index is 7230. The molecule has 12 aromatic heterocycles. The van der Waals surface area contributed by atoms with E-state index < -0.39 is 0 Å². The lowest BCUT2D eigenvalue weighted by atomic mass is 10.0. The number of para-hydroxylation sites is 1. The smallest absolute Gasteiger partial charge is 0.276 e. The van der Waals surface area contributed by atoms with Gasteiger partial charge in [-0.1, -0.05) is 72.2 Å². The van der Waals surface area contributed by atoms with Crippen LogP contribution in [-0.4, -0.2) is 235 Å². The number of aliphatic hydroxyl groups excluding tert-OH is 1. The fourth-order valence-electron chi connectivity index (χ4n) is 17.6. The molecular weight excluding hydrogens is 1800 g/mol. The van der Waals surface area contributed by atoms with Crippen molar-refractivity contribution in [3.8, 4) is 56.0 Å². The molecule has 7 fully saturated rings. The first-order chi connectivity index (χ1) is 68.3. The number of carbonyl (C=O) groups is 4. The highest BCUT2D eigenvalue weighted by Gasteiger charge is 2.27. The van der Waals surface area contributed by atoms with Gasteiger partial charge >= 0.3 is 0 Å². The summed E-state index contributed by atoms with van der Waals surface area (Å²) in [4.78, 5) is 104. The van der Waals surface area contributed by atoms with E-state index in [4.69, 9.17) is 9.47 Å². The lowest BCUT2D eigenvalue weighted by Gasteiger charge is -2.31. The number of likely N-dealkylation sites (tertiary alicyclic amines) is 2. The number of nitrogens with one attached hydrogen (secondary N) is 8. The van der Waals surface area contributed by atoms with Gasteiger partial charge in [-0.3, -0.25) is 74.2 Å². The molecule has 17 aromatic rings. The molecule has 0 unspecified atom stereocenters. The molecule has 5 aromatic carbocycles. The van der Waals surface area contributed by atoms with Crippen LogP contribution >= 0.6 is 0 Å². The first-order valence-electron chi connectivity index (χ1n) is 47.3. The van der Waals surface area contributed by atoms with Gasteiger partial charge in [0.2, 0.25) is 0 Å². The minimum Gasteiger partial charge on any atom is -0.456 e. The van der Waals surface area contributed by atoms with Crippen molar-refractivity contribution in [2.24, 2.45) is 0 Å². The zero-order valence-electron chi connectivity index (χ0n) is 76.5. The van der Waals surface area contributed by atoms with Gasteiger partial charge in [-0.2, -0.15) is 20.4 Å². The second-order valence-corrected chi connectivity index (χ2v) is 35.7. The van der Waals surface area contributed by atoms with Crippen LogP contribution in [0.25, 0.3) is 88.1 Å². The van der Waals surface area contributed by atoms with E-state index >= 15 is 0 Å². The number of hydrogen-bond acceptors (Lipinski definition) is 26. The summed E-state index contributed by atoms with van der Waals surface area (Å²) in [5.41, 5.74) is 18.4. The standard InChI is InChI=1S/C27H29N7O2.C27H22N6O2.C26H27N7O2.C25H25N7O.4CH4/c35-22-6-10-33(11-7-22)17-18-12-20(15-28-14-18)19-2-4-24-23(13-19)26(32-31-24)27(36)30-21-3-5-25(29-16-21)34-8-1-9-34;34-27(30-20-8-10-25(29-16-20)33-11-4-12-33)26-23-14-18(7-9-24(23)31-32-26)19-13-22(17-28-15-19)35-21-5-2-1-3-6-21;34-26(29-21-3-5-24(28-16-21)33-6-1-7-33)25-22-13-19(2-4-23(22)30-31-25)20-12-18(14-27-15-20)17-32-8-10-35-11-9-32;33-25(28-20-4-6-23(27-15-20)32-9-2-10-32)24-21-12-18(3-5-22(21)29-30-24)19-11-17(13-26-14-19)16-31-7-1-8-31;;;;/h2-5,12-16,22,35H,1,6-11,17H2,(H,30,36)(H,31,32);1-3,5-10,13-17H,4,11-12H2,(H,30,34)(H,31,32);2-5,12-16H,1,6-11,17H2,(H,29,34)(H,30,31);3-6,11-15H,1-2,7-10,16H2,(H,28,33)(H,29,30);4*1H4. The third-order valence-corrected chi connectivity index (χ3v) is 26.1. The van der Waals surface area contributed by atoms with Crippen molar-refractivity contribution in [1.82, 2.24) is 95.4 Å². The van der Waals surface area contributed by atoms with Crippen molar-refractivity contribution in [1.29, 1.82) is 0 Å². The van der Waals surface area contributed by atoms with E-state index in [9.17, 15) is 24.3 Å². The average Bonchev–Trinajstić information content (AvgIpc) is 1.51. The molecule has 0 atom stereocenters. The SMILES string of the molecule is C.C.C.C.O=C(Nc1ccc(N2CCC2)nc1)c1n[nH]c2ccc(-c3cncc(CN4CCC(O)CC4)c3)cc12.O=C(Nc1ccc(N2CCC2)nc1)c1n[nH]c2ccc(-c3cncc(CN4CCC4)c3)cc12.O=C(Nc1ccc(N2CCC2)nc1)c1n[nH]c2ccc(-c3cncc(CN4CCOCC4)c3)cc12.O=C(Nc1ccc(N2CCC2)nc1)c1n[nH]c2ccc(-c3cncc(Oc4ccccc4)c3)cc12. The summed E-state index contributed by atoms with van der Waals surface area (Å²) >= 11 is 0. The Balaban J connectivity index is 0.000000130. The van der Waals surface area contributed by atoms with Crippen LogP contribution < -0.4 is 45.6 Å². The molecule has 34 nitrogen and oxygen atoms in total. The zero-order valence-corrected chi connectivity index (χ0v) is 76.5. The highest BCUT2D eigenvalue weighted by atomic mass is 16.5. The number of aromatic nitrogens is 16. The van der Waals surface area contributed by atoms with Crippen LogP contribution in [-0.2, 0) is 24.4 Å². The molecular formula is C109H119N27O7. The number of rotatable bonds is 24. The van der Waals surface area contributed by atoms with Crippen LogP contribution in [0.3, 0.4) is 0 Å². The van der Waals surface area contributed by atoms with Crippen LogP contribution in [0.15, 0.2) is 250 Å². The number of morpholine rings is 1. The van der Waals surface area contributed by atoms with E-state index in [1.807, 2.05) is 195 Å². The number of fused-ring (bicyclic) bond motifs is 4. The van der Waals surface area contributed by atoms with Gasteiger partial charge in [-0.05, 0) is 230 Å². The quantitative estimate of drug-likeness (QED) is 0.0271. The molecule has 34 heteroatoms. The molecule has 732 valence electrons. The summed E-state index contributed by atoms with van der Waals surface area (Å²) in [5, 5.41) is 53.4. The van der Waals surface area contributed by atoms with Crippen LogP contribution in [0.4, 0.5) is 46.0 Å². The number of aliphatic hydroxyl groups is 1. The van der Waals surface area contributed by atoms with Crippen molar-refractivity contribution in [3.05, 3.63) is 290 Å². The predicted octanol–water partition coefficient (Wildman–Crippen LogP) is 18.3. The van der Waals surface area contributed by atoms with Gasteiger partial charge in [0.25, 0.3) is 23.6 Å². The number of ether oxygens (including phenoxy) is 2. The van der Waals surface area contributed by atoms with Gasteiger partial charge in [-0.25, -0.2) is 19.9 Å². The molecule has 7 saturated heterocycles. The molecule has 4 amide bonds. The van der Waals surface area contributed by atoms with Crippen LogP contribution in [0.1, 0.15) is 133 Å². The monoisotopic (exact) mass is 1920 g/mol. The maximum absolute atomic E-state index is 13.1. The highest BCUT2D eigenvalue weighted by molar-refractivity contribution is 6.15. The predicted molar refractivity (Wildman–Crippen MR) is 563 cm³/mol. The van der Waals surface area contributed by atoms with Gasteiger partial charge in [0.1, 0.15) is 34.8 Å². The van der Waals surface area contributed by atoms with Gasteiger partial charge < -0.3 is 55.4 Å². The Morgan fingerprint density at radius 3 is 0.909 bits per heavy atom. The highest BCUT2D eigenvalue weighted by Crippen LogP contribution is 2.36. The van der Waals surface area contributed by atoms with Crippen LogP contribution in [0.5, 0.6) is 11.5 Å². The number of nitrogens with zero attached hydrogens (tertiary/aromatic N) is 19. The van der Waals surface area contributed by atoms with E-state index in [0.29, 0.717) is 51.3 Å². The zero-order chi connectivity index (χ0) is 93.9. The summed E-state index contributed by atoms with van der Waals surface area (Å²) in [5.74, 6) is 4.00. The van der Waals surface area contributed by atoms with Crippen LogP contribution in [0.2, 0.25) is 0 Å². The number of pyridine rings is 8. The van der Waals surface area contributed by atoms with E-state index in [0.717, 1.165) is 266 Å². The lowest BCUT2D eigenvalue weighted by molar-refractivity contribution is 0.0341. The summed E-state index contributed by atoms with van der Waals surface area (Å²) in [6, 6.07) is 56.9.